The number of fused-ring (bicyclic) bond motifs is 1. The molecule has 0 aromatic heterocycles. The number of hydrogen-bond acceptors (Lipinski definition) is 3. The molecular formula is C15H20F3N3. The van der Waals surface area contributed by atoms with Gasteiger partial charge in [0.15, 0.2) is 0 Å². The third-order valence-electron chi connectivity index (χ3n) is 4.39. The number of piperazine rings is 1. The van der Waals surface area contributed by atoms with Gasteiger partial charge < -0.3 is 15.1 Å². The Kier molecular flexibility index (Phi) is 3.84. The van der Waals surface area contributed by atoms with Crippen LogP contribution in [0.3, 0.4) is 0 Å². The predicted molar refractivity (Wildman–Crippen MR) is 76.8 cm³/mol. The maximum atomic E-state index is 12.9. The van der Waals surface area contributed by atoms with Crippen molar-refractivity contribution < 1.29 is 13.2 Å². The summed E-state index contributed by atoms with van der Waals surface area (Å²) in [5.41, 5.74) is 1.23. The Morgan fingerprint density at radius 1 is 1.24 bits per heavy atom. The van der Waals surface area contributed by atoms with Gasteiger partial charge >= 0.3 is 6.18 Å². The normalized spacial score (nSPS) is 23.4. The molecule has 116 valence electrons. The number of hydrogen-bond donors (Lipinski definition) is 1. The molecule has 1 fully saturated rings. The summed E-state index contributed by atoms with van der Waals surface area (Å²) in [6.45, 7) is 5.47. The standard InChI is InChI=1S/C15H20F3N3/c1-20-9-11(10-21-6-4-19-5-7-21)13-8-12(15(16,17)18)2-3-14(13)20/h2-3,8,11,19H,4-7,9-10H2,1H3. The van der Waals surface area contributed by atoms with Gasteiger partial charge in [-0.2, -0.15) is 13.2 Å². The van der Waals surface area contributed by atoms with Crippen LogP contribution in [0, 0.1) is 0 Å². The van der Waals surface area contributed by atoms with Crippen LogP contribution < -0.4 is 10.2 Å². The van der Waals surface area contributed by atoms with E-state index >= 15 is 0 Å². The Bertz CT molecular complexity index is 509. The topological polar surface area (TPSA) is 18.5 Å². The Morgan fingerprint density at radius 3 is 2.62 bits per heavy atom. The number of rotatable bonds is 2. The van der Waals surface area contributed by atoms with Crippen LogP contribution in [0.15, 0.2) is 18.2 Å². The second-order valence-electron chi connectivity index (χ2n) is 5.90. The van der Waals surface area contributed by atoms with Crippen molar-refractivity contribution in [3.05, 3.63) is 29.3 Å². The van der Waals surface area contributed by atoms with Crippen molar-refractivity contribution in [3.8, 4) is 0 Å². The Hall–Kier alpha value is -1.27. The summed E-state index contributed by atoms with van der Waals surface area (Å²) in [4.78, 5) is 4.40. The lowest BCUT2D eigenvalue weighted by atomic mass is 9.98. The first-order valence-electron chi connectivity index (χ1n) is 7.30. The molecule has 2 aliphatic heterocycles. The Morgan fingerprint density at radius 2 is 1.95 bits per heavy atom. The fourth-order valence-electron chi connectivity index (χ4n) is 3.29. The van der Waals surface area contributed by atoms with Gasteiger partial charge in [0, 0.05) is 57.9 Å². The maximum Gasteiger partial charge on any atom is 0.416 e. The van der Waals surface area contributed by atoms with E-state index in [1.54, 1.807) is 6.07 Å². The zero-order chi connectivity index (χ0) is 15.0. The molecule has 0 aliphatic carbocycles. The van der Waals surface area contributed by atoms with E-state index in [1.807, 2.05) is 7.05 Å². The van der Waals surface area contributed by atoms with Crippen molar-refractivity contribution in [2.45, 2.75) is 12.1 Å². The highest BCUT2D eigenvalue weighted by Gasteiger charge is 2.35. The van der Waals surface area contributed by atoms with Gasteiger partial charge in [0.25, 0.3) is 0 Å². The minimum absolute atomic E-state index is 0.158. The average molecular weight is 299 g/mol. The Balaban J connectivity index is 1.83. The van der Waals surface area contributed by atoms with Gasteiger partial charge in [-0.1, -0.05) is 0 Å². The highest BCUT2D eigenvalue weighted by Crippen LogP contribution is 2.40. The molecule has 0 amide bonds. The van der Waals surface area contributed by atoms with E-state index < -0.39 is 11.7 Å². The summed E-state index contributed by atoms with van der Waals surface area (Å²) in [7, 11) is 1.95. The van der Waals surface area contributed by atoms with Crippen LogP contribution in [0.2, 0.25) is 0 Å². The molecule has 1 unspecified atom stereocenters. The van der Waals surface area contributed by atoms with Crippen molar-refractivity contribution >= 4 is 5.69 Å². The van der Waals surface area contributed by atoms with Gasteiger partial charge in [-0.05, 0) is 23.8 Å². The average Bonchev–Trinajstić information content (AvgIpc) is 2.75. The lowest BCUT2D eigenvalue weighted by Gasteiger charge is -2.29. The van der Waals surface area contributed by atoms with Crippen LogP contribution in [0.5, 0.6) is 0 Å². The molecule has 3 nitrogen and oxygen atoms in total. The number of alkyl halides is 3. The largest absolute Gasteiger partial charge is 0.416 e. The SMILES string of the molecule is CN1CC(CN2CCNCC2)c2cc(C(F)(F)F)ccc21. The summed E-state index contributed by atoms with van der Waals surface area (Å²) >= 11 is 0. The maximum absolute atomic E-state index is 12.9. The van der Waals surface area contributed by atoms with Crippen molar-refractivity contribution in [1.82, 2.24) is 10.2 Å². The second kappa shape index (κ2) is 5.50. The Labute approximate surface area is 122 Å². The zero-order valence-electron chi connectivity index (χ0n) is 12.1. The third-order valence-corrected chi connectivity index (χ3v) is 4.39. The van der Waals surface area contributed by atoms with Crippen molar-refractivity contribution in [1.29, 1.82) is 0 Å². The van der Waals surface area contributed by atoms with E-state index in [9.17, 15) is 13.2 Å². The van der Waals surface area contributed by atoms with E-state index in [4.69, 9.17) is 0 Å². The van der Waals surface area contributed by atoms with Gasteiger partial charge in [-0.25, -0.2) is 0 Å². The zero-order valence-corrected chi connectivity index (χ0v) is 12.1. The smallest absolute Gasteiger partial charge is 0.374 e. The molecule has 1 atom stereocenters. The first kappa shape index (κ1) is 14.7. The van der Waals surface area contributed by atoms with E-state index in [1.165, 1.54) is 12.1 Å². The second-order valence-corrected chi connectivity index (χ2v) is 5.90. The number of halogens is 3. The molecule has 0 saturated carbocycles. The fourth-order valence-corrected chi connectivity index (χ4v) is 3.29. The van der Waals surface area contributed by atoms with Crippen LogP contribution in [-0.4, -0.2) is 51.2 Å². The molecule has 3 rings (SSSR count). The molecule has 6 heteroatoms. The van der Waals surface area contributed by atoms with E-state index in [-0.39, 0.29) is 5.92 Å². The highest BCUT2D eigenvalue weighted by atomic mass is 19.4. The molecular weight excluding hydrogens is 279 g/mol. The van der Waals surface area contributed by atoms with Gasteiger partial charge in [-0.15, -0.1) is 0 Å². The molecule has 2 aliphatic rings. The molecule has 0 spiro atoms. The lowest BCUT2D eigenvalue weighted by Crippen LogP contribution is -2.45. The van der Waals surface area contributed by atoms with E-state index in [0.717, 1.165) is 50.5 Å². The summed E-state index contributed by atoms with van der Waals surface area (Å²) < 4.78 is 38.7. The minimum Gasteiger partial charge on any atom is -0.374 e. The molecule has 21 heavy (non-hydrogen) atoms. The van der Waals surface area contributed by atoms with Crippen LogP contribution in [0.4, 0.5) is 18.9 Å². The van der Waals surface area contributed by atoms with Crippen LogP contribution in [-0.2, 0) is 6.18 Å². The first-order chi connectivity index (χ1) is 9.95. The van der Waals surface area contributed by atoms with Gasteiger partial charge in [-0.3, -0.25) is 0 Å². The summed E-state index contributed by atoms with van der Waals surface area (Å²) in [6, 6.07) is 4.13. The quantitative estimate of drug-likeness (QED) is 0.903. The van der Waals surface area contributed by atoms with Crippen LogP contribution >= 0.6 is 0 Å². The third kappa shape index (κ3) is 3.01. The number of likely N-dealkylation sites (N-methyl/N-ethyl adjacent to an activating group) is 1. The summed E-state index contributed by atoms with van der Waals surface area (Å²) in [5.74, 6) is 0.158. The molecule has 1 aromatic carbocycles. The number of nitrogens with one attached hydrogen (secondary N) is 1. The molecule has 0 bridgehead atoms. The predicted octanol–water partition coefficient (Wildman–Crippen LogP) is 2.14. The number of benzene rings is 1. The monoisotopic (exact) mass is 299 g/mol. The van der Waals surface area contributed by atoms with E-state index in [2.05, 4.69) is 15.1 Å². The van der Waals surface area contributed by atoms with Gasteiger partial charge in [0.2, 0.25) is 0 Å². The van der Waals surface area contributed by atoms with Crippen molar-refractivity contribution in [2.75, 3.05) is 51.2 Å². The molecule has 1 N–H and O–H groups in total. The van der Waals surface area contributed by atoms with Gasteiger partial charge in [0.1, 0.15) is 0 Å². The van der Waals surface area contributed by atoms with E-state index in [0.29, 0.717) is 0 Å². The molecule has 0 radical (unpaired) electrons. The fraction of sp³-hybridized carbons (Fsp3) is 0.600. The minimum atomic E-state index is -4.27. The number of nitrogens with zero attached hydrogens (tertiary/aromatic N) is 2. The van der Waals surface area contributed by atoms with Crippen molar-refractivity contribution in [2.24, 2.45) is 0 Å². The highest BCUT2D eigenvalue weighted by molar-refractivity contribution is 5.61. The molecule has 1 saturated heterocycles. The summed E-state index contributed by atoms with van der Waals surface area (Å²) in [6.07, 6.45) is -4.27. The van der Waals surface area contributed by atoms with Crippen LogP contribution in [0.25, 0.3) is 0 Å². The van der Waals surface area contributed by atoms with Gasteiger partial charge in [0.05, 0.1) is 5.56 Å². The molecule has 1 aromatic rings. The molecule has 2 heterocycles. The summed E-state index contributed by atoms with van der Waals surface area (Å²) in [5, 5.41) is 3.30. The van der Waals surface area contributed by atoms with Crippen molar-refractivity contribution in [3.63, 3.8) is 0 Å². The lowest BCUT2D eigenvalue weighted by molar-refractivity contribution is -0.137. The first-order valence-corrected chi connectivity index (χ1v) is 7.30. The van der Waals surface area contributed by atoms with Crippen LogP contribution in [0.1, 0.15) is 17.0 Å². The number of anilines is 1.